The Balaban J connectivity index is 5.07. The summed E-state index contributed by atoms with van der Waals surface area (Å²) in [5.41, 5.74) is 0.194. The first kappa shape index (κ1) is 31.0. The van der Waals surface area contributed by atoms with E-state index in [2.05, 4.69) is 11.8 Å². The predicted molar refractivity (Wildman–Crippen MR) is 127 cm³/mol. The van der Waals surface area contributed by atoms with Gasteiger partial charge in [0, 0.05) is 38.2 Å². The molecule has 0 N–H and O–H groups in total. The largest absolute Gasteiger partial charge is 0.504 e. The molecule has 8 nitrogen and oxygen atoms in total. The van der Waals surface area contributed by atoms with Crippen molar-refractivity contribution in [2.45, 2.75) is 85.6 Å². The molecule has 0 spiro atoms. The summed E-state index contributed by atoms with van der Waals surface area (Å²) in [7, 11) is -2.79. The second kappa shape index (κ2) is 19.5. The smallest absolute Gasteiger partial charge is 0.466 e. The van der Waals surface area contributed by atoms with Crippen molar-refractivity contribution in [2.24, 2.45) is 0 Å². The summed E-state index contributed by atoms with van der Waals surface area (Å²) in [6.07, 6.45) is 4.02. The Labute approximate surface area is 196 Å². The highest BCUT2D eigenvalue weighted by Crippen LogP contribution is 2.32. The van der Waals surface area contributed by atoms with Gasteiger partial charge in [-0.25, -0.2) is 0 Å². The van der Waals surface area contributed by atoms with Crippen LogP contribution in [0.2, 0.25) is 5.54 Å². The molecule has 0 aromatic rings. The molecule has 0 heterocycles. The molecule has 190 valence electrons. The lowest BCUT2D eigenvalue weighted by molar-refractivity contribution is -0.144. The Morgan fingerprint density at radius 3 is 1.47 bits per heavy atom. The second-order valence-electron chi connectivity index (χ2n) is 7.46. The number of rotatable bonds is 21. The first-order chi connectivity index (χ1) is 15.4. The minimum absolute atomic E-state index is 0.166. The molecule has 0 saturated heterocycles. The van der Waals surface area contributed by atoms with E-state index in [1.807, 2.05) is 34.6 Å². The summed E-state index contributed by atoms with van der Waals surface area (Å²) < 4.78 is 28.5. The molecule has 32 heavy (non-hydrogen) atoms. The first-order valence-corrected chi connectivity index (χ1v) is 14.2. The summed E-state index contributed by atoms with van der Waals surface area (Å²) in [6.45, 7) is 16.6. The van der Waals surface area contributed by atoms with E-state index in [0.29, 0.717) is 45.9 Å². The van der Waals surface area contributed by atoms with Crippen molar-refractivity contribution in [2.75, 3.05) is 52.7 Å². The fraction of sp³-hybridized carbons (Fsp3) is 0.913. The number of hydrogen-bond donors (Lipinski definition) is 0. The van der Waals surface area contributed by atoms with Crippen LogP contribution in [0.25, 0.3) is 0 Å². The zero-order valence-electron chi connectivity index (χ0n) is 21.3. The van der Waals surface area contributed by atoms with Crippen LogP contribution < -0.4 is 0 Å². The zero-order valence-corrected chi connectivity index (χ0v) is 22.3. The van der Waals surface area contributed by atoms with Gasteiger partial charge in [-0.3, -0.25) is 9.59 Å². The van der Waals surface area contributed by atoms with Gasteiger partial charge in [0.2, 0.25) is 0 Å². The normalized spacial score (nSPS) is 12.7. The van der Waals surface area contributed by atoms with E-state index < -0.39 is 8.80 Å². The standard InChI is InChI=1S/C23H47NO7Si/c1-7-21(32(29-10-4,30-11-5)31-12-6)17-20-24(18-13-15-22(25)27-8-2)19-14-16-23(26)28-9-3/h21H,7-20H2,1-6H3. The predicted octanol–water partition coefficient (Wildman–Crippen LogP) is 4.19. The van der Waals surface area contributed by atoms with Gasteiger partial charge >= 0.3 is 20.7 Å². The fourth-order valence-corrected chi connectivity index (χ4v) is 6.89. The third-order valence-electron chi connectivity index (χ3n) is 5.14. The van der Waals surface area contributed by atoms with Crippen LogP contribution in [0.5, 0.6) is 0 Å². The van der Waals surface area contributed by atoms with E-state index in [0.717, 1.165) is 45.3 Å². The molecule has 0 fully saturated rings. The second-order valence-corrected chi connectivity index (χ2v) is 10.3. The van der Waals surface area contributed by atoms with Crippen LogP contribution in [-0.2, 0) is 32.3 Å². The van der Waals surface area contributed by atoms with Gasteiger partial charge in [-0.05, 0) is 79.9 Å². The maximum absolute atomic E-state index is 11.7. The van der Waals surface area contributed by atoms with Crippen LogP contribution in [0.3, 0.4) is 0 Å². The summed E-state index contributed by atoms with van der Waals surface area (Å²) >= 11 is 0. The van der Waals surface area contributed by atoms with E-state index in [9.17, 15) is 9.59 Å². The van der Waals surface area contributed by atoms with Crippen molar-refractivity contribution >= 4 is 20.7 Å². The van der Waals surface area contributed by atoms with Crippen LogP contribution >= 0.6 is 0 Å². The van der Waals surface area contributed by atoms with Gasteiger partial charge in [0.15, 0.2) is 0 Å². The molecule has 0 bridgehead atoms. The molecule has 0 aromatic carbocycles. The molecule has 0 saturated carbocycles. The number of esters is 2. The van der Waals surface area contributed by atoms with Crippen molar-refractivity contribution in [1.29, 1.82) is 0 Å². The third-order valence-corrected chi connectivity index (χ3v) is 8.91. The van der Waals surface area contributed by atoms with Crippen molar-refractivity contribution in [1.82, 2.24) is 4.90 Å². The van der Waals surface area contributed by atoms with E-state index >= 15 is 0 Å². The lowest BCUT2D eigenvalue weighted by Crippen LogP contribution is -2.51. The first-order valence-electron chi connectivity index (χ1n) is 12.4. The Morgan fingerprint density at radius 2 is 1.12 bits per heavy atom. The van der Waals surface area contributed by atoms with Crippen LogP contribution in [0.4, 0.5) is 0 Å². The third kappa shape index (κ3) is 12.9. The molecule has 0 rings (SSSR count). The van der Waals surface area contributed by atoms with Gasteiger partial charge in [-0.15, -0.1) is 0 Å². The van der Waals surface area contributed by atoms with E-state index in [1.54, 1.807) is 0 Å². The van der Waals surface area contributed by atoms with Crippen LogP contribution in [0.15, 0.2) is 0 Å². The minimum atomic E-state index is -2.79. The molecule has 1 unspecified atom stereocenters. The van der Waals surface area contributed by atoms with Crippen LogP contribution in [-0.4, -0.2) is 78.3 Å². The molecule has 9 heteroatoms. The lowest BCUT2D eigenvalue weighted by atomic mass is 10.2. The summed E-state index contributed by atoms with van der Waals surface area (Å²) in [4.78, 5) is 25.7. The van der Waals surface area contributed by atoms with E-state index in [1.165, 1.54) is 0 Å². The number of nitrogens with zero attached hydrogens (tertiary/aromatic N) is 1. The Kier molecular flexibility index (Phi) is 18.9. The van der Waals surface area contributed by atoms with Crippen molar-refractivity contribution in [3.63, 3.8) is 0 Å². The monoisotopic (exact) mass is 477 g/mol. The maximum Gasteiger partial charge on any atom is 0.504 e. The van der Waals surface area contributed by atoms with Gasteiger partial charge in [-0.2, -0.15) is 0 Å². The Morgan fingerprint density at radius 1 is 0.688 bits per heavy atom. The molecule has 0 aromatic heterocycles. The zero-order chi connectivity index (χ0) is 24.2. The number of carbonyl (C=O) groups is 2. The number of hydrogen-bond acceptors (Lipinski definition) is 8. The van der Waals surface area contributed by atoms with E-state index in [-0.39, 0.29) is 17.5 Å². The average molecular weight is 478 g/mol. The average Bonchev–Trinajstić information content (AvgIpc) is 2.74. The molecule has 1 atom stereocenters. The summed E-state index contributed by atoms with van der Waals surface area (Å²) in [6, 6.07) is 0. The molecule has 0 aliphatic carbocycles. The van der Waals surface area contributed by atoms with Crippen LogP contribution in [0, 0.1) is 0 Å². The highest BCUT2D eigenvalue weighted by atomic mass is 28.4. The van der Waals surface area contributed by atoms with Crippen molar-refractivity contribution in [3.8, 4) is 0 Å². The highest BCUT2D eigenvalue weighted by molar-refractivity contribution is 6.62. The summed E-state index contributed by atoms with van der Waals surface area (Å²) in [5.74, 6) is -0.332. The minimum Gasteiger partial charge on any atom is -0.466 e. The molecular weight excluding hydrogens is 430 g/mol. The maximum atomic E-state index is 11.7. The van der Waals surface area contributed by atoms with Gasteiger partial charge < -0.3 is 27.7 Å². The van der Waals surface area contributed by atoms with E-state index in [4.69, 9.17) is 22.8 Å². The SMILES string of the molecule is CCOC(=O)CCCN(CCCC(=O)OCC)CCC(CC)[Si](OCC)(OCC)OCC. The van der Waals surface area contributed by atoms with Gasteiger partial charge in [0.1, 0.15) is 0 Å². The molecular formula is C23H47NO7Si. The topological polar surface area (TPSA) is 83.5 Å². The van der Waals surface area contributed by atoms with Crippen LogP contribution in [0.1, 0.15) is 80.1 Å². The number of carbonyl (C=O) groups excluding carboxylic acids is 2. The quantitative estimate of drug-likeness (QED) is 0.180. The highest BCUT2D eigenvalue weighted by Gasteiger charge is 2.47. The molecule has 0 amide bonds. The lowest BCUT2D eigenvalue weighted by Gasteiger charge is -2.36. The van der Waals surface area contributed by atoms with Gasteiger partial charge in [-0.1, -0.05) is 6.92 Å². The number of ether oxygens (including phenoxy) is 2. The van der Waals surface area contributed by atoms with Crippen molar-refractivity contribution < 1.29 is 32.3 Å². The molecule has 0 aliphatic heterocycles. The Hall–Kier alpha value is -1.00. The fourth-order valence-electron chi connectivity index (χ4n) is 3.75. The Bertz CT molecular complexity index is 452. The molecule has 0 aliphatic rings. The van der Waals surface area contributed by atoms with Gasteiger partial charge in [0.25, 0.3) is 0 Å². The summed E-state index contributed by atoms with van der Waals surface area (Å²) in [5, 5.41) is 0. The molecule has 0 radical (unpaired) electrons. The van der Waals surface area contributed by atoms with Gasteiger partial charge in [0.05, 0.1) is 13.2 Å². The van der Waals surface area contributed by atoms with Crippen molar-refractivity contribution in [3.05, 3.63) is 0 Å².